The van der Waals surface area contributed by atoms with Crippen molar-refractivity contribution in [1.29, 1.82) is 0 Å². The van der Waals surface area contributed by atoms with Crippen LogP contribution in [0.15, 0.2) is 0 Å². The van der Waals surface area contributed by atoms with Gasteiger partial charge in [-0.1, -0.05) is 0 Å². The number of carbonyl (C=O) groups excluding carboxylic acids is 2. The number of carbonyl (C=O) groups is 3. The predicted octanol–water partition coefficient (Wildman–Crippen LogP) is 0.355. The third-order valence-corrected chi connectivity index (χ3v) is 3.17. The van der Waals surface area contributed by atoms with Gasteiger partial charge in [-0.15, -0.1) is 0 Å². The molecule has 0 aliphatic carbocycles. The Hall–Kier alpha value is -1.79. The molecule has 7 heteroatoms. The van der Waals surface area contributed by atoms with Crippen molar-refractivity contribution in [3.05, 3.63) is 0 Å². The number of rotatable bonds is 2. The minimum atomic E-state index is -0.917. The van der Waals surface area contributed by atoms with E-state index in [0.717, 1.165) is 4.90 Å². The Morgan fingerprint density at radius 2 is 2.00 bits per heavy atom. The lowest BCUT2D eigenvalue weighted by molar-refractivity contribution is -0.126. The number of piperidine rings is 1. The number of nitrogens with zero attached hydrogens (tertiary/aromatic N) is 2. The third kappa shape index (κ3) is 2.48. The SMILES string of the molecule is O=C(O)N1CCC(CN2C(=O)COC2=O)CC1. The Bertz CT molecular complexity index is 333. The smallest absolute Gasteiger partial charge is 0.417 e. The second-order valence-electron chi connectivity index (χ2n) is 4.27. The molecule has 3 amide bonds. The van der Waals surface area contributed by atoms with Gasteiger partial charge in [-0.3, -0.25) is 4.79 Å². The van der Waals surface area contributed by atoms with Crippen molar-refractivity contribution in [2.24, 2.45) is 5.92 Å². The van der Waals surface area contributed by atoms with Gasteiger partial charge in [-0.25, -0.2) is 14.5 Å². The largest absolute Gasteiger partial charge is 0.465 e. The fraction of sp³-hybridized carbons (Fsp3) is 0.700. The van der Waals surface area contributed by atoms with Crippen LogP contribution in [0.1, 0.15) is 12.8 Å². The molecule has 2 fully saturated rings. The molecule has 17 heavy (non-hydrogen) atoms. The molecule has 2 saturated heterocycles. The molecule has 0 bridgehead atoms. The zero-order valence-electron chi connectivity index (χ0n) is 9.29. The monoisotopic (exact) mass is 242 g/mol. The topological polar surface area (TPSA) is 87.2 Å². The summed E-state index contributed by atoms with van der Waals surface area (Å²) < 4.78 is 4.61. The number of carboxylic acid groups (broad SMARTS) is 1. The Labute approximate surface area is 97.9 Å². The summed E-state index contributed by atoms with van der Waals surface area (Å²) in [6, 6.07) is 0. The highest BCUT2D eigenvalue weighted by molar-refractivity contribution is 5.97. The van der Waals surface area contributed by atoms with E-state index in [2.05, 4.69) is 4.74 Å². The van der Waals surface area contributed by atoms with Crippen LogP contribution in [0.5, 0.6) is 0 Å². The number of imide groups is 1. The molecule has 0 aromatic carbocycles. The van der Waals surface area contributed by atoms with Crippen LogP contribution in [0.2, 0.25) is 0 Å². The first-order valence-electron chi connectivity index (χ1n) is 5.53. The molecule has 0 radical (unpaired) electrons. The number of likely N-dealkylation sites (tertiary alicyclic amines) is 1. The van der Waals surface area contributed by atoms with Crippen molar-refractivity contribution in [3.63, 3.8) is 0 Å². The van der Waals surface area contributed by atoms with Crippen LogP contribution in [-0.2, 0) is 9.53 Å². The maximum Gasteiger partial charge on any atom is 0.417 e. The van der Waals surface area contributed by atoms with E-state index < -0.39 is 12.2 Å². The molecule has 2 aliphatic rings. The molecule has 0 aromatic rings. The van der Waals surface area contributed by atoms with Crippen LogP contribution in [0.4, 0.5) is 9.59 Å². The molecule has 2 aliphatic heterocycles. The fourth-order valence-electron chi connectivity index (χ4n) is 2.12. The van der Waals surface area contributed by atoms with Crippen LogP contribution in [0, 0.1) is 5.92 Å². The Morgan fingerprint density at radius 3 is 2.47 bits per heavy atom. The van der Waals surface area contributed by atoms with E-state index in [9.17, 15) is 14.4 Å². The van der Waals surface area contributed by atoms with Gasteiger partial charge in [0, 0.05) is 19.6 Å². The van der Waals surface area contributed by atoms with Crippen LogP contribution >= 0.6 is 0 Å². The zero-order valence-corrected chi connectivity index (χ0v) is 9.29. The Balaban J connectivity index is 1.84. The molecule has 0 spiro atoms. The summed E-state index contributed by atoms with van der Waals surface area (Å²) >= 11 is 0. The number of amides is 3. The normalized spacial score (nSPS) is 21.9. The molecule has 94 valence electrons. The lowest BCUT2D eigenvalue weighted by Gasteiger charge is -2.31. The van der Waals surface area contributed by atoms with Gasteiger partial charge in [-0.05, 0) is 18.8 Å². The molecular formula is C10H14N2O5. The average Bonchev–Trinajstić information content (AvgIpc) is 2.61. The summed E-state index contributed by atoms with van der Waals surface area (Å²) in [7, 11) is 0. The van der Waals surface area contributed by atoms with Gasteiger partial charge in [0.05, 0.1) is 0 Å². The summed E-state index contributed by atoms with van der Waals surface area (Å²) in [5.41, 5.74) is 0. The molecule has 1 N–H and O–H groups in total. The van der Waals surface area contributed by atoms with Gasteiger partial charge in [0.2, 0.25) is 0 Å². The van der Waals surface area contributed by atoms with Crippen molar-refractivity contribution in [2.45, 2.75) is 12.8 Å². The number of hydrogen-bond acceptors (Lipinski definition) is 4. The highest BCUT2D eigenvalue weighted by Crippen LogP contribution is 2.20. The van der Waals surface area contributed by atoms with E-state index in [1.165, 1.54) is 4.90 Å². The molecule has 7 nitrogen and oxygen atoms in total. The van der Waals surface area contributed by atoms with Crippen LogP contribution in [0.3, 0.4) is 0 Å². The number of hydrogen-bond donors (Lipinski definition) is 1. The summed E-state index contributed by atoms with van der Waals surface area (Å²) in [5.74, 6) is -0.143. The molecule has 0 atom stereocenters. The molecule has 0 aromatic heterocycles. The van der Waals surface area contributed by atoms with Crippen LogP contribution in [0.25, 0.3) is 0 Å². The molecule has 2 heterocycles. The summed E-state index contributed by atoms with van der Waals surface area (Å²) in [6.45, 7) is 1.08. The first kappa shape index (κ1) is 11.7. The molecular weight excluding hydrogens is 228 g/mol. The van der Waals surface area contributed by atoms with E-state index in [1.54, 1.807) is 0 Å². The maximum absolute atomic E-state index is 11.3. The van der Waals surface area contributed by atoms with E-state index in [4.69, 9.17) is 5.11 Å². The van der Waals surface area contributed by atoms with Crippen molar-refractivity contribution in [2.75, 3.05) is 26.2 Å². The van der Waals surface area contributed by atoms with E-state index in [0.29, 0.717) is 32.5 Å². The summed E-state index contributed by atoms with van der Waals surface area (Å²) in [6.07, 6.45) is -0.164. The summed E-state index contributed by atoms with van der Waals surface area (Å²) in [4.78, 5) is 35.7. The first-order valence-corrected chi connectivity index (χ1v) is 5.53. The van der Waals surface area contributed by atoms with E-state index in [1.807, 2.05) is 0 Å². The number of ether oxygens (including phenoxy) is 1. The van der Waals surface area contributed by atoms with Crippen LogP contribution in [-0.4, -0.2) is 59.2 Å². The second kappa shape index (κ2) is 4.60. The minimum absolute atomic E-state index is 0.167. The molecule has 0 saturated carbocycles. The molecule has 2 rings (SSSR count). The van der Waals surface area contributed by atoms with E-state index >= 15 is 0 Å². The predicted molar refractivity (Wildman–Crippen MR) is 55.4 cm³/mol. The van der Waals surface area contributed by atoms with Gasteiger partial charge >= 0.3 is 12.2 Å². The quantitative estimate of drug-likeness (QED) is 0.755. The lowest BCUT2D eigenvalue weighted by Crippen LogP contribution is -2.42. The van der Waals surface area contributed by atoms with Gasteiger partial charge < -0.3 is 14.7 Å². The van der Waals surface area contributed by atoms with Gasteiger partial charge in [0.15, 0.2) is 6.61 Å². The van der Waals surface area contributed by atoms with Crippen molar-refractivity contribution >= 4 is 18.1 Å². The Morgan fingerprint density at radius 1 is 1.35 bits per heavy atom. The van der Waals surface area contributed by atoms with Crippen molar-refractivity contribution < 1.29 is 24.2 Å². The van der Waals surface area contributed by atoms with E-state index in [-0.39, 0.29) is 18.4 Å². The second-order valence-corrected chi connectivity index (χ2v) is 4.27. The maximum atomic E-state index is 11.3. The van der Waals surface area contributed by atoms with Gasteiger partial charge in [-0.2, -0.15) is 0 Å². The van der Waals surface area contributed by atoms with Crippen molar-refractivity contribution in [3.8, 4) is 0 Å². The fourth-order valence-corrected chi connectivity index (χ4v) is 2.12. The first-order chi connectivity index (χ1) is 8.08. The minimum Gasteiger partial charge on any atom is -0.465 e. The van der Waals surface area contributed by atoms with Gasteiger partial charge in [0.1, 0.15) is 0 Å². The van der Waals surface area contributed by atoms with Crippen LogP contribution < -0.4 is 0 Å². The standard InChI is InChI=1S/C10H14N2O5/c13-8-6-17-10(16)12(8)5-7-1-3-11(4-2-7)9(14)15/h7H,1-6H2,(H,14,15). The van der Waals surface area contributed by atoms with Gasteiger partial charge in [0.25, 0.3) is 5.91 Å². The lowest BCUT2D eigenvalue weighted by atomic mass is 9.96. The summed E-state index contributed by atoms with van der Waals surface area (Å²) in [5, 5.41) is 8.78. The Kier molecular flexibility index (Phi) is 3.16. The highest BCUT2D eigenvalue weighted by atomic mass is 16.6. The average molecular weight is 242 g/mol. The highest BCUT2D eigenvalue weighted by Gasteiger charge is 2.34. The van der Waals surface area contributed by atoms with Crippen molar-refractivity contribution in [1.82, 2.24) is 9.80 Å². The number of cyclic esters (lactones) is 1. The molecule has 0 unspecified atom stereocenters. The zero-order chi connectivity index (χ0) is 12.4. The third-order valence-electron chi connectivity index (χ3n) is 3.17.